The van der Waals surface area contributed by atoms with E-state index in [0.717, 1.165) is 5.76 Å². The highest BCUT2D eigenvalue weighted by atomic mass is 32.2. The first-order valence-corrected chi connectivity index (χ1v) is 9.50. The summed E-state index contributed by atoms with van der Waals surface area (Å²) in [6.07, 6.45) is 2.31. The second kappa shape index (κ2) is 7.81. The monoisotopic (exact) mass is 364 g/mol. The summed E-state index contributed by atoms with van der Waals surface area (Å²) >= 11 is 0. The molecule has 1 aromatic heterocycles. The van der Waals surface area contributed by atoms with Crippen LogP contribution in [0.25, 0.3) is 0 Å². The van der Waals surface area contributed by atoms with Crippen molar-refractivity contribution in [3.8, 4) is 0 Å². The van der Waals surface area contributed by atoms with Crippen LogP contribution < -0.4 is 5.32 Å². The molecule has 1 amide bonds. The smallest absolute Gasteiger partial charge is 0.243 e. The van der Waals surface area contributed by atoms with E-state index in [9.17, 15) is 13.2 Å². The van der Waals surface area contributed by atoms with Crippen LogP contribution in [0.1, 0.15) is 12.2 Å². The maximum Gasteiger partial charge on any atom is 0.243 e. The van der Waals surface area contributed by atoms with Gasteiger partial charge in [0.2, 0.25) is 15.9 Å². The molecule has 1 N–H and O–H groups in total. The highest BCUT2D eigenvalue weighted by Crippen LogP contribution is 2.20. The number of carbonyl (C=O) groups is 1. The van der Waals surface area contributed by atoms with Crippen LogP contribution in [0.4, 0.5) is 5.69 Å². The van der Waals surface area contributed by atoms with E-state index >= 15 is 0 Å². The second-order valence-electron chi connectivity index (χ2n) is 5.67. The summed E-state index contributed by atoms with van der Waals surface area (Å²) in [5.74, 6) is 0.538. The number of hydrogen-bond acceptors (Lipinski definition) is 5. The van der Waals surface area contributed by atoms with Crippen molar-refractivity contribution in [2.75, 3.05) is 31.6 Å². The Kier molecular flexibility index (Phi) is 5.52. The molecule has 0 spiro atoms. The molecular formula is C17H20N2O5S. The van der Waals surface area contributed by atoms with Gasteiger partial charge in [-0.3, -0.25) is 4.79 Å². The third-order valence-electron chi connectivity index (χ3n) is 3.90. The molecule has 25 heavy (non-hydrogen) atoms. The van der Waals surface area contributed by atoms with E-state index in [1.807, 2.05) is 6.07 Å². The third-order valence-corrected chi connectivity index (χ3v) is 5.80. The summed E-state index contributed by atoms with van der Waals surface area (Å²) in [5, 5.41) is 2.73. The van der Waals surface area contributed by atoms with Crippen molar-refractivity contribution < 1.29 is 22.4 Å². The first-order valence-electron chi connectivity index (χ1n) is 8.06. The van der Waals surface area contributed by atoms with E-state index in [1.165, 1.54) is 16.4 Å². The van der Waals surface area contributed by atoms with Gasteiger partial charge in [0.1, 0.15) is 5.76 Å². The molecule has 8 heteroatoms. The molecule has 0 atom stereocenters. The minimum atomic E-state index is -3.58. The standard InChI is InChI=1S/C17H20N2O5S/c20-17(7-6-15-4-2-10-24-15)18-14-3-1-5-16(13-14)25(21,22)19-8-11-23-12-9-19/h1-5,10,13H,6-9,11-12H2,(H,18,20). The van der Waals surface area contributed by atoms with Gasteiger partial charge in [0, 0.05) is 31.6 Å². The van der Waals surface area contributed by atoms with Gasteiger partial charge in [-0.05, 0) is 30.3 Å². The number of benzene rings is 1. The number of sulfonamides is 1. The van der Waals surface area contributed by atoms with Crippen LogP contribution in [0, 0.1) is 0 Å². The van der Waals surface area contributed by atoms with Crippen molar-refractivity contribution in [3.05, 3.63) is 48.4 Å². The maximum atomic E-state index is 12.7. The Hall–Kier alpha value is -2.16. The number of furan rings is 1. The predicted octanol–water partition coefficient (Wildman–Crippen LogP) is 1.87. The van der Waals surface area contributed by atoms with E-state index in [2.05, 4.69) is 5.32 Å². The zero-order valence-corrected chi connectivity index (χ0v) is 14.5. The highest BCUT2D eigenvalue weighted by molar-refractivity contribution is 7.89. The lowest BCUT2D eigenvalue weighted by Gasteiger charge is -2.26. The first kappa shape index (κ1) is 17.7. The number of aryl methyl sites for hydroxylation is 1. The molecule has 1 fully saturated rings. The van der Waals surface area contributed by atoms with Crippen LogP contribution in [0.2, 0.25) is 0 Å². The van der Waals surface area contributed by atoms with Gasteiger partial charge in [-0.25, -0.2) is 8.42 Å². The molecule has 1 aromatic carbocycles. The van der Waals surface area contributed by atoms with E-state index in [1.54, 1.807) is 24.5 Å². The quantitative estimate of drug-likeness (QED) is 0.845. The number of hydrogen-bond donors (Lipinski definition) is 1. The summed E-state index contributed by atoms with van der Waals surface area (Å²) < 4.78 is 37.1. The first-order chi connectivity index (χ1) is 12.1. The Labute approximate surface area is 146 Å². The topological polar surface area (TPSA) is 88.8 Å². The molecule has 1 aliphatic heterocycles. The molecule has 0 unspecified atom stereocenters. The number of nitrogens with one attached hydrogen (secondary N) is 1. The molecule has 2 heterocycles. The van der Waals surface area contributed by atoms with Gasteiger partial charge < -0.3 is 14.5 Å². The average Bonchev–Trinajstić information content (AvgIpc) is 3.14. The summed E-state index contributed by atoms with van der Waals surface area (Å²) in [6.45, 7) is 1.45. The third kappa shape index (κ3) is 4.47. The fourth-order valence-electron chi connectivity index (χ4n) is 2.59. The number of rotatable bonds is 6. The highest BCUT2D eigenvalue weighted by Gasteiger charge is 2.26. The van der Waals surface area contributed by atoms with Gasteiger partial charge in [-0.15, -0.1) is 0 Å². The lowest BCUT2D eigenvalue weighted by molar-refractivity contribution is -0.116. The van der Waals surface area contributed by atoms with Gasteiger partial charge in [0.15, 0.2) is 0 Å². The summed E-state index contributed by atoms with van der Waals surface area (Å²) in [6, 6.07) is 9.88. The average molecular weight is 364 g/mol. The summed E-state index contributed by atoms with van der Waals surface area (Å²) in [4.78, 5) is 12.2. The van der Waals surface area contributed by atoms with Crippen molar-refractivity contribution in [1.29, 1.82) is 0 Å². The molecule has 7 nitrogen and oxygen atoms in total. The Balaban J connectivity index is 1.65. The van der Waals surface area contributed by atoms with Gasteiger partial charge in [0.05, 0.1) is 24.4 Å². The summed E-state index contributed by atoms with van der Waals surface area (Å²) in [7, 11) is -3.58. The molecule has 0 radical (unpaired) electrons. The van der Waals surface area contributed by atoms with Crippen LogP contribution in [0.3, 0.4) is 0 Å². The normalized spacial score (nSPS) is 15.8. The molecule has 0 aliphatic carbocycles. The SMILES string of the molecule is O=C(CCc1ccco1)Nc1cccc(S(=O)(=O)N2CCOCC2)c1. The van der Waals surface area contributed by atoms with E-state index in [4.69, 9.17) is 9.15 Å². The second-order valence-corrected chi connectivity index (χ2v) is 7.61. The number of anilines is 1. The largest absolute Gasteiger partial charge is 0.469 e. The fourth-order valence-corrected chi connectivity index (χ4v) is 4.04. The van der Waals surface area contributed by atoms with Crippen LogP contribution >= 0.6 is 0 Å². The van der Waals surface area contributed by atoms with Crippen LogP contribution in [-0.4, -0.2) is 44.9 Å². The van der Waals surface area contributed by atoms with Crippen LogP contribution in [-0.2, 0) is 26.0 Å². The van der Waals surface area contributed by atoms with Gasteiger partial charge in [-0.2, -0.15) is 4.31 Å². The molecule has 1 aliphatic rings. The van der Waals surface area contributed by atoms with Crippen molar-refractivity contribution in [3.63, 3.8) is 0 Å². The molecule has 0 saturated carbocycles. The number of amides is 1. The lowest BCUT2D eigenvalue weighted by Crippen LogP contribution is -2.40. The fraction of sp³-hybridized carbons (Fsp3) is 0.353. The molecule has 0 bridgehead atoms. The Morgan fingerprint density at radius 2 is 1.96 bits per heavy atom. The van der Waals surface area contributed by atoms with E-state index in [0.29, 0.717) is 38.4 Å². The van der Waals surface area contributed by atoms with E-state index in [-0.39, 0.29) is 17.2 Å². The van der Waals surface area contributed by atoms with Crippen molar-refractivity contribution in [2.45, 2.75) is 17.7 Å². The molecule has 3 rings (SSSR count). The minimum Gasteiger partial charge on any atom is -0.469 e. The van der Waals surface area contributed by atoms with E-state index < -0.39 is 10.0 Å². The zero-order valence-electron chi connectivity index (χ0n) is 13.7. The predicted molar refractivity (Wildman–Crippen MR) is 91.7 cm³/mol. The molecule has 2 aromatic rings. The molecule has 134 valence electrons. The van der Waals surface area contributed by atoms with Crippen LogP contribution in [0.5, 0.6) is 0 Å². The van der Waals surface area contributed by atoms with Crippen molar-refractivity contribution in [1.82, 2.24) is 4.31 Å². The Morgan fingerprint density at radius 3 is 2.68 bits per heavy atom. The number of nitrogens with zero attached hydrogens (tertiary/aromatic N) is 1. The summed E-state index contributed by atoms with van der Waals surface area (Å²) in [5.41, 5.74) is 0.457. The Bertz CT molecular complexity index is 811. The minimum absolute atomic E-state index is 0.165. The Morgan fingerprint density at radius 1 is 1.16 bits per heavy atom. The number of ether oxygens (including phenoxy) is 1. The lowest BCUT2D eigenvalue weighted by atomic mass is 10.2. The maximum absolute atomic E-state index is 12.7. The molecule has 1 saturated heterocycles. The number of morpholine rings is 1. The number of carbonyl (C=O) groups excluding carboxylic acids is 1. The zero-order chi connectivity index (χ0) is 17.7. The van der Waals surface area contributed by atoms with Gasteiger partial charge >= 0.3 is 0 Å². The van der Waals surface area contributed by atoms with Crippen molar-refractivity contribution in [2.24, 2.45) is 0 Å². The van der Waals surface area contributed by atoms with Crippen molar-refractivity contribution >= 4 is 21.6 Å². The molecular weight excluding hydrogens is 344 g/mol. The van der Waals surface area contributed by atoms with Gasteiger partial charge in [0.25, 0.3) is 0 Å². The van der Waals surface area contributed by atoms with Crippen LogP contribution in [0.15, 0.2) is 52.0 Å². The van der Waals surface area contributed by atoms with Gasteiger partial charge in [-0.1, -0.05) is 6.07 Å².